The number of hydrogen-bond donors (Lipinski definition) is 0. The quantitative estimate of drug-likeness (QED) is 0.373. The van der Waals surface area contributed by atoms with Crippen molar-refractivity contribution in [1.29, 1.82) is 0 Å². The Morgan fingerprint density at radius 2 is 1.76 bits per heavy atom. The molecule has 13 heteroatoms. The van der Waals surface area contributed by atoms with Crippen LogP contribution in [0.1, 0.15) is 44.8 Å². The van der Waals surface area contributed by atoms with Gasteiger partial charge in [-0.1, -0.05) is 35.3 Å². The van der Waals surface area contributed by atoms with Gasteiger partial charge in [0.15, 0.2) is 6.23 Å². The minimum absolute atomic E-state index is 0.122. The molecular weight excluding hydrogens is 589 g/mol. The summed E-state index contributed by atoms with van der Waals surface area (Å²) < 4.78 is 40.5. The second-order valence-corrected chi connectivity index (χ2v) is 13.3. The SMILES string of the molecule is O=c1c(Cl)c(N2CCC(Oc3cc(-c4ccc(S(=O)(=O)N5CCCC5)cc4)c(Cl)cn3)C2)cnn1C1CCCCO1. The van der Waals surface area contributed by atoms with Crippen molar-refractivity contribution in [2.75, 3.05) is 37.7 Å². The summed E-state index contributed by atoms with van der Waals surface area (Å²) in [4.78, 5) is 19.5. The minimum atomic E-state index is -3.50. The van der Waals surface area contributed by atoms with Gasteiger partial charge in [-0.2, -0.15) is 14.1 Å². The largest absolute Gasteiger partial charge is 0.472 e. The molecule has 2 unspecified atom stereocenters. The van der Waals surface area contributed by atoms with Crippen molar-refractivity contribution in [3.8, 4) is 17.0 Å². The molecule has 3 aliphatic rings. The Labute approximate surface area is 248 Å². The summed E-state index contributed by atoms with van der Waals surface area (Å²) in [5.41, 5.74) is 1.67. The molecule has 2 aromatic heterocycles. The van der Waals surface area contributed by atoms with Crippen molar-refractivity contribution in [3.05, 3.63) is 63.1 Å². The first-order valence-electron chi connectivity index (χ1n) is 13.9. The molecule has 0 N–H and O–H groups in total. The first-order chi connectivity index (χ1) is 19.8. The number of halogens is 2. The van der Waals surface area contributed by atoms with Crippen LogP contribution in [0.25, 0.3) is 11.1 Å². The summed E-state index contributed by atoms with van der Waals surface area (Å²) in [5, 5.41) is 4.91. The number of pyridine rings is 1. The van der Waals surface area contributed by atoms with Gasteiger partial charge < -0.3 is 14.4 Å². The summed E-state index contributed by atoms with van der Waals surface area (Å²) in [6.45, 7) is 2.87. The van der Waals surface area contributed by atoms with Gasteiger partial charge in [-0.3, -0.25) is 4.79 Å². The van der Waals surface area contributed by atoms with Gasteiger partial charge in [-0.25, -0.2) is 13.4 Å². The maximum Gasteiger partial charge on any atom is 0.290 e. The highest BCUT2D eigenvalue weighted by molar-refractivity contribution is 7.89. The third kappa shape index (κ3) is 5.83. The van der Waals surface area contributed by atoms with E-state index in [-0.39, 0.29) is 27.8 Å². The monoisotopic (exact) mass is 619 g/mol. The molecule has 3 aliphatic heterocycles. The lowest BCUT2D eigenvalue weighted by Crippen LogP contribution is -2.33. The Hall–Kier alpha value is -2.70. The van der Waals surface area contributed by atoms with Crippen molar-refractivity contribution in [3.63, 3.8) is 0 Å². The van der Waals surface area contributed by atoms with E-state index >= 15 is 0 Å². The Balaban J connectivity index is 1.14. The number of nitrogens with zero attached hydrogens (tertiary/aromatic N) is 5. The highest BCUT2D eigenvalue weighted by Gasteiger charge is 2.30. The van der Waals surface area contributed by atoms with E-state index in [4.69, 9.17) is 32.7 Å². The minimum Gasteiger partial charge on any atom is -0.472 e. The van der Waals surface area contributed by atoms with Gasteiger partial charge in [0.25, 0.3) is 5.56 Å². The van der Waals surface area contributed by atoms with E-state index in [0.29, 0.717) is 61.4 Å². The second-order valence-electron chi connectivity index (χ2n) is 10.5. The zero-order valence-corrected chi connectivity index (χ0v) is 24.7. The lowest BCUT2D eigenvalue weighted by Gasteiger charge is -2.25. The van der Waals surface area contributed by atoms with Gasteiger partial charge in [0, 0.05) is 44.3 Å². The van der Waals surface area contributed by atoms with Gasteiger partial charge in [0.2, 0.25) is 15.9 Å². The van der Waals surface area contributed by atoms with E-state index in [1.807, 2.05) is 4.90 Å². The van der Waals surface area contributed by atoms with Crippen LogP contribution in [-0.4, -0.2) is 66.4 Å². The molecule has 0 amide bonds. The van der Waals surface area contributed by atoms with E-state index in [0.717, 1.165) is 37.7 Å². The van der Waals surface area contributed by atoms with Gasteiger partial charge in [-0.05, 0) is 49.8 Å². The first kappa shape index (κ1) is 28.4. The molecule has 3 saturated heterocycles. The van der Waals surface area contributed by atoms with Crippen LogP contribution < -0.4 is 15.2 Å². The van der Waals surface area contributed by atoms with E-state index in [9.17, 15) is 13.2 Å². The molecule has 3 aromatic rings. The van der Waals surface area contributed by atoms with Crippen LogP contribution in [0.3, 0.4) is 0 Å². The van der Waals surface area contributed by atoms with Crippen LogP contribution in [0.2, 0.25) is 10.0 Å². The van der Waals surface area contributed by atoms with E-state index in [1.54, 1.807) is 36.5 Å². The van der Waals surface area contributed by atoms with Crippen LogP contribution >= 0.6 is 23.2 Å². The molecule has 218 valence electrons. The molecule has 0 bridgehead atoms. The van der Waals surface area contributed by atoms with E-state index in [2.05, 4.69) is 10.1 Å². The predicted octanol–water partition coefficient (Wildman–Crippen LogP) is 4.75. The van der Waals surface area contributed by atoms with E-state index in [1.165, 1.54) is 15.2 Å². The van der Waals surface area contributed by atoms with Crippen LogP contribution in [0.15, 0.2) is 52.4 Å². The maximum atomic E-state index is 12.9. The lowest BCUT2D eigenvalue weighted by molar-refractivity contribution is -0.0424. The van der Waals surface area contributed by atoms with Crippen LogP contribution in [0, 0.1) is 0 Å². The van der Waals surface area contributed by atoms with Crippen molar-refractivity contribution >= 4 is 38.9 Å². The van der Waals surface area contributed by atoms with Crippen molar-refractivity contribution < 1.29 is 17.9 Å². The van der Waals surface area contributed by atoms with Crippen LogP contribution in [0.5, 0.6) is 5.88 Å². The fourth-order valence-electron chi connectivity index (χ4n) is 5.58. The first-order valence-corrected chi connectivity index (χ1v) is 16.1. The van der Waals surface area contributed by atoms with Gasteiger partial charge in [0.05, 0.1) is 34.5 Å². The normalized spacial score (nSPS) is 21.9. The Morgan fingerprint density at radius 1 is 0.976 bits per heavy atom. The molecule has 0 spiro atoms. The molecule has 0 aliphatic carbocycles. The fraction of sp³-hybridized carbons (Fsp3) is 0.464. The Morgan fingerprint density at radius 3 is 2.49 bits per heavy atom. The summed E-state index contributed by atoms with van der Waals surface area (Å²) in [7, 11) is -3.50. The second kappa shape index (κ2) is 11.9. The molecule has 10 nitrogen and oxygen atoms in total. The topological polar surface area (TPSA) is 107 Å². The van der Waals surface area contributed by atoms with Crippen molar-refractivity contribution in [1.82, 2.24) is 19.1 Å². The molecule has 2 atom stereocenters. The average molecular weight is 621 g/mol. The molecule has 1 aromatic carbocycles. The summed E-state index contributed by atoms with van der Waals surface area (Å²) in [6, 6.07) is 8.48. The molecule has 6 rings (SSSR count). The van der Waals surface area contributed by atoms with Gasteiger partial charge in [0.1, 0.15) is 11.1 Å². The number of hydrogen-bond acceptors (Lipinski definition) is 8. The molecule has 0 radical (unpaired) electrons. The third-order valence-electron chi connectivity index (χ3n) is 7.83. The van der Waals surface area contributed by atoms with Gasteiger partial charge >= 0.3 is 0 Å². The molecule has 5 heterocycles. The summed E-state index contributed by atoms with van der Waals surface area (Å²) in [5.74, 6) is 0.402. The third-order valence-corrected chi connectivity index (χ3v) is 10.4. The Bertz CT molecular complexity index is 1570. The molecule has 41 heavy (non-hydrogen) atoms. The predicted molar refractivity (Wildman–Crippen MR) is 156 cm³/mol. The number of ether oxygens (including phenoxy) is 2. The summed E-state index contributed by atoms with van der Waals surface area (Å²) in [6.07, 6.45) is 7.75. The standard InChI is InChI=1S/C28H31Cl2N5O5S/c29-23-16-31-25(15-22(23)19-6-8-21(9-7-19)41(37,38)34-11-2-3-12-34)40-20-10-13-33(18-20)24-17-32-35(28(36)27(24)30)26-5-1-4-14-39-26/h6-9,15-17,20,26H,1-5,10-14,18H2. The smallest absolute Gasteiger partial charge is 0.290 e. The van der Waals surface area contributed by atoms with E-state index < -0.39 is 10.0 Å². The van der Waals surface area contributed by atoms with Crippen molar-refractivity contribution in [2.24, 2.45) is 0 Å². The van der Waals surface area contributed by atoms with Crippen LogP contribution in [0.4, 0.5) is 5.69 Å². The molecule has 0 saturated carbocycles. The van der Waals surface area contributed by atoms with Crippen molar-refractivity contribution in [2.45, 2.75) is 55.8 Å². The zero-order valence-electron chi connectivity index (χ0n) is 22.4. The number of anilines is 1. The van der Waals surface area contributed by atoms with Crippen LogP contribution in [-0.2, 0) is 14.8 Å². The number of benzene rings is 1. The number of aromatic nitrogens is 3. The summed E-state index contributed by atoms with van der Waals surface area (Å²) >= 11 is 13.0. The lowest BCUT2D eigenvalue weighted by atomic mass is 10.1. The highest BCUT2D eigenvalue weighted by Crippen LogP contribution is 2.33. The van der Waals surface area contributed by atoms with Gasteiger partial charge in [-0.15, -0.1) is 0 Å². The maximum absolute atomic E-state index is 12.9. The molecule has 3 fully saturated rings. The number of sulfonamides is 1. The fourth-order valence-corrected chi connectivity index (χ4v) is 7.57. The Kier molecular flexibility index (Phi) is 8.24. The molecular formula is C28H31Cl2N5O5S. The average Bonchev–Trinajstić information content (AvgIpc) is 3.70. The number of rotatable bonds is 7. The highest BCUT2D eigenvalue weighted by atomic mass is 35.5. The zero-order chi connectivity index (χ0) is 28.6.